The van der Waals surface area contributed by atoms with Crippen molar-refractivity contribution in [2.45, 2.75) is 43.3 Å². The zero-order valence-corrected chi connectivity index (χ0v) is 16.0. The fourth-order valence-electron chi connectivity index (χ4n) is 3.37. The molecular formula is C19H25N5OS. The van der Waals surface area contributed by atoms with Gasteiger partial charge in [-0.1, -0.05) is 23.9 Å². The second-order valence-electron chi connectivity index (χ2n) is 7.19. The summed E-state index contributed by atoms with van der Waals surface area (Å²) in [6.07, 6.45) is 5.01. The lowest BCUT2D eigenvalue weighted by Gasteiger charge is -2.14. The van der Waals surface area contributed by atoms with Gasteiger partial charge in [-0.15, -0.1) is 10.2 Å². The fraction of sp³-hybridized carbons (Fsp3) is 0.526. The zero-order chi connectivity index (χ0) is 17.9. The predicted molar refractivity (Wildman–Crippen MR) is 103 cm³/mol. The van der Waals surface area contributed by atoms with Crippen LogP contribution in [0.4, 0.5) is 5.69 Å². The molecule has 1 saturated carbocycles. The van der Waals surface area contributed by atoms with Crippen LogP contribution in [0.2, 0.25) is 0 Å². The largest absolute Gasteiger partial charge is 0.325 e. The Kier molecular flexibility index (Phi) is 5.26. The van der Waals surface area contributed by atoms with Gasteiger partial charge in [0, 0.05) is 25.2 Å². The summed E-state index contributed by atoms with van der Waals surface area (Å²) >= 11 is 1.44. The topological polar surface area (TPSA) is 63.1 Å². The van der Waals surface area contributed by atoms with Gasteiger partial charge in [-0.25, -0.2) is 0 Å². The number of likely N-dealkylation sites (tertiary alicyclic amines) is 1. The minimum atomic E-state index is -0.0155. The van der Waals surface area contributed by atoms with E-state index in [0.29, 0.717) is 11.7 Å². The Morgan fingerprint density at radius 3 is 2.62 bits per heavy atom. The molecule has 0 atom stereocenters. The van der Waals surface area contributed by atoms with E-state index in [2.05, 4.69) is 32.5 Å². The molecule has 6 nitrogen and oxygen atoms in total. The van der Waals surface area contributed by atoms with Crippen molar-refractivity contribution in [3.05, 3.63) is 35.7 Å². The smallest absolute Gasteiger partial charge is 0.234 e. The Hall–Kier alpha value is -1.86. The van der Waals surface area contributed by atoms with Gasteiger partial charge < -0.3 is 9.88 Å². The number of carbonyl (C=O) groups is 1. The molecule has 1 saturated heterocycles. The van der Waals surface area contributed by atoms with Gasteiger partial charge in [0.25, 0.3) is 0 Å². The Balaban J connectivity index is 1.26. The molecule has 138 valence electrons. The third-order valence-electron chi connectivity index (χ3n) is 4.99. The lowest BCUT2D eigenvalue weighted by atomic mass is 10.2. The van der Waals surface area contributed by atoms with E-state index in [0.717, 1.165) is 23.2 Å². The third kappa shape index (κ3) is 4.27. The molecule has 0 unspecified atom stereocenters. The van der Waals surface area contributed by atoms with Gasteiger partial charge in [0.2, 0.25) is 5.91 Å². The summed E-state index contributed by atoms with van der Waals surface area (Å²) in [6.45, 7) is 3.39. The van der Waals surface area contributed by atoms with E-state index >= 15 is 0 Å². The minimum absolute atomic E-state index is 0.0155. The Morgan fingerprint density at radius 1 is 1.19 bits per heavy atom. The van der Waals surface area contributed by atoms with Gasteiger partial charge in [-0.05, 0) is 56.5 Å². The summed E-state index contributed by atoms with van der Waals surface area (Å²) in [7, 11) is 1.98. The molecule has 0 radical (unpaired) electrons. The SMILES string of the molecule is Cn1c(SCC(=O)Nc2ccc(CN3CCCC3)cc2)nnc1C1CC1. The van der Waals surface area contributed by atoms with E-state index in [4.69, 9.17) is 0 Å². The number of aromatic nitrogens is 3. The highest BCUT2D eigenvalue weighted by Crippen LogP contribution is 2.39. The molecular weight excluding hydrogens is 346 g/mol. The van der Waals surface area contributed by atoms with Crippen LogP contribution in [-0.2, 0) is 18.4 Å². The van der Waals surface area contributed by atoms with E-state index in [1.165, 1.54) is 56.1 Å². The summed E-state index contributed by atoms with van der Waals surface area (Å²) in [4.78, 5) is 14.7. The van der Waals surface area contributed by atoms with Crippen LogP contribution in [0.25, 0.3) is 0 Å². The first-order valence-corrected chi connectivity index (χ1v) is 10.3. The molecule has 2 fully saturated rings. The Bertz CT molecular complexity index is 763. The standard InChI is InChI=1S/C19H25N5OS/c1-23-18(15-6-7-15)21-22-19(23)26-13-17(25)20-16-8-4-14(5-9-16)12-24-10-2-3-11-24/h4-5,8-9,15H,2-3,6-7,10-13H2,1H3,(H,20,25). The van der Waals surface area contributed by atoms with Crippen LogP contribution in [0.3, 0.4) is 0 Å². The Morgan fingerprint density at radius 2 is 1.92 bits per heavy atom. The van der Waals surface area contributed by atoms with Crippen molar-refractivity contribution in [2.24, 2.45) is 7.05 Å². The molecule has 4 rings (SSSR count). The monoisotopic (exact) mass is 371 g/mol. The number of amides is 1. The quantitative estimate of drug-likeness (QED) is 0.758. The van der Waals surface area contributed by atoms with E-state index in [1.807, 2.05) is 23.7 Å². The van der Waals surface area contributed by atoms with Gasteiger partial charge in [0.15, 0.2) is 5.16 Å². The van der Waals surface area contributed by atoms with E-state index in [9.17, 15) is 4.79 Å². The van der Waals surface area contributed by atoms with Gasteiger partial charge >= 0.3 is 0 Å². The van der Waals surface area contributed by atoms with E-state index in [-0.39, 0.29) is 5.91 Å². The molecule has 1 N–H and O–H groups in total. The molecule has 1 amide bonds. The molecule has 2 heterocycles. The lowest BCUT2D eigenvalue weighted by molar-refractivity contribution is -0.113. The number of anilines is 1. The number of nitrogens with zero attached hydrogens (tertiary/aromatic N) is 4. The summed E-state index contributed by atoms with van der Waals surface area (Å²) in [5, 5.41) is 12.2. The van der Waals surface area contributed by atoms with Crippen molar-refractivity contribution in [1.82, 2.24) is 19.7 Å². The molecule has 2 aliphatic rings. The van der Waals surface area contributed by atoms with E-state index < -0.39 is 0 Å². The summed E-state index contributed by atoms with van der Waals surface area (Å²) in [5.41, 5.74) is 2.14. The zero-order valence-electron chi connectivity index (χ0n) is 15.1. The average molecular weight is 372 g/mol. The van der Waals surface area contributed by atoms with Gasteiger partial charge in [0.1, 0.15) is 5.82 Å². The molecule has 7 heteroatoms. The highest BCUT2D eigenvalue weighted by atomic mass is 32.2. The van der Waals surface area contributed by atoms with Crippen molar-refractivity contribution in [3.8, 4) is 0 Å². The first-order chi connectivity index (χ1) is 12.7. The predicted octanol–water partition coefficient (Wildman–Crippen LogP) is 3.02. The van der Waals surface area contributed by atoms with Crippen LogP contribution in [0.15, 0.2) is 29.4 Å². The van der Waals surface area contributed by atoms with Crippen molar-refractivity contribution in [1.29, 1.82) is 0 Å². The number of carbonyl (C=O) groups excluding carboxylic acids is 1. The van der Waals surface area contributed by atoms with Gasteiger partial charge in [-0.3, -0.25) is 9.69 Å². The van der Waals surface area contributed by atoms with Crippen molar-refractivity contribution < 1.29 is 4.79 Å². The normalized spacial score (nSPS) is 17.6. The number of rotatable bonds is 7. The van der Waals surface area contributed by atoms with Crippen LogP contribution in [0, 0.1) is 0 Å². The molecule has 1 aromatic carbocycles. The van der Waals surface area contributed by atoms with Gasteiger partial charge in [-0.2, -0.15) is 0 Å². The molecule has 0 bridgehead atoms. The van der Waals surface area contributed by atoms with Crippen LogP contribution in [0.1, 0.15) is 43.0 Å². The fourth-order valence-corrected chi connectivity index (χ4v) is 4.09. The molecule has 26 heavy (non-hydrogen) atoms. The number of thioether (sulfide) groups is 1. The van der Waals surface area contributed by atoms with Crippen LogP contribution < -0.4 is 5.32 Å². The molecule has 1 aliphatic carbocycles. The maximum Gasteiger partial charge on any atom is 0.234 e. The minimum Gasteiger partial charge on any atom is -0.325 e. The van der Waals surface area contributed by atoms with Crippen molar-refractivity contribution in [3.63, 3.8) is 0 Å². The van der Waals surface area contributed by atoms with Gasteiger partial charge in [0.05, 0.1) is 5.75 Å². The molecule has 0 spiro atoms. The van der Waals surface area contributed by atoms with Crippen molar-refractivity contribution >= 4 is 23.4 Å². The second-order valence-corrected chi connectivity index (χ2v) is 8.13. The molecule has 2 aromatic rings. The lowest BCUT2D eigenvalue weighted by Crippen LogP contribution is -2.18. The average Bonchev–Trinajstić information content (AvgIpc) is 3.22. The number of hydrogen-bond donors (Lipinski definition) is 1. The molecule has 1 aromatic heterocycles. The second kappa shape index (κ2) is 7.80. The van der Waals surface area contributed by atoms with Crippen LogP contribution in [-0.4, -0.2) is 44.4 Å². The number of hydrogen-bond acceptors (Lipinski definition) is 5. The first-order valence-electron chi connectivity index (χ1n) is 9.32. The summed E-state index contributed by atoms with van der Waals surface area (Å²) < 4.78 is 2.02. The third-order valence-corrected chi connectivity index (χ3v) is 6.01. The maximum absolute atomic E-state index is 12.2. The molecule has 1 aliphatic heterocycles. The highest BCUT2D eigenvalue weighted by Gasteiger charge is 2.29. The van der Waals surface area contributed by atoms with Crippen LogP contribution >= 0.6 is 11.8 Å². The first kappa shape index (κ1) is 17.5. The number of benzene rings is 1. The summed E-state index contributed by atoms with van der Waals surface area (Å²) in [6, 6.07) is 8.18. The highest BCUT2D eigenvalue weighted by molar-refractivity contribution is 7.99. The maximum atomic E-state index is 12.2. The van der Waals surface area contributed by atoms with Crippen molar-refractivity contribution in [2.75, 3.05) is 24.2 Å². The summed E-state index contributed by atoms with van der Waals surface area (Å²) in [5.74, 6) is 1.93. The van der Waals surface area contributed by atoms with Crippen LogP contribution in [0.5, 0.6) is 0 Å². The van der Waals surface area contributed by atoms with E-state index in [1.54, 1.807) is 0 Å². The Labute approximate surface area is 158 Å². The number of nitrogens with one attached hydrogen (secondary N) is 1.